The number of aromatic nitrogens is 2. The molecule has 0 aliphatic carbocycles. The van der Waals surface area contributed by atoms with Gasteiger partial charge in [-0.25, -0.2) is 14.8 Å². The van der Waals surface area contributed by atoms with Crippen molar-refractivity contribution in [1.82, 2.24) is 15.3 Å². The van der Waals surface area contributed by atoms with Gasteiger partial charge in [0, 0.05) is 38.9 Å². The van der Waals surface area contributed by atoms with Crippen LogP contribution < -0.4 is 20.9 Å². The summed E-state index contributed by atoms with van der Waals surface area (Å²) in [4.78, 5) is 22.6. The molecule has 0 spiro atoms. The number of carbonyl (C=O) groups excluding carboxylic acids is 1. The van der Waals surface area contributed by atoms with Crippen LogP contribution in [0.1, 0.15) is 17.0 Å². The molecule has 1 heterocycles. The number of rotatable bonds is 6. The van der Waals surface area contributed by atoms with Crippen LogP contribution >= 0.6 is 0 Å². The van der Waals surface area contributed by atoms with Crippen LogP contribution in [-0.2, 0) is 0 Å². The Morgan fingerprint density at radius 2 is 1.68 bits per heavy atom. The van der Waals surface area contributed by atoms with Gasteiger partial charge in [-0.1, -0.05) is 6.07 Å². The van der Waals surface area contributed by atoms with Crippen LogP contribution in [-0.4, -0.2) is 43.2 Å². The fraction of sp³-hybridized carbons (Fsp3) is 0.389. The highest BCUT2D eigenvalue weighted by Crippen LogP contribution is 2.14. The van der Waals surface area contributed by atoms with Gasteiger partial charge in [-0.05, 0) is 44.0 Å². The van der Waals surface area contributed by atoms with Crippen LogP contribution in [0.25, 0.3) is 0 Å². The Hall–Kier alpha value is -2.83. The summed E-state index contributed by atoms with van der Waals surface area (Å²) in [6, 6.07) is 7.61. The number of urea groups is 1. The molecule has 3 N–H and O–H groups in total. The lowest BCUT2D eigenvalue weighted by Gasteiger charge is -2.14. The van der Waals surface area contributed by atoms with E-state index >= 15 is 0 Å². The Kier molecular flexibility index (Phi) is 6.16. The van der Waals surface area contributed by atoms with E-state index in [4.69, 9.17) is 0 Å². The molecule has 2 rings (SSSR count). The largest absolute Gasteiger partial charge is 0.368 e. The van der Waals surface area contributed by atoms with Crippen molar-refractivity contribution in [3.8, 4) is 0 Å². The Bertz CT molecular complexity index is 724. The number of amides is 2. The molecule has 0 aliphatic heterocycles. The summed E-state index contributed by atoms with van der Waals surface area (Å²) in [7, 11) is 3.87. The van der Waals surface area contributed by atoms with Gasteiger partial charge in [0.1, 0.15) is 17.5 Å². The first kappa shape index (κ1) is 18.5. The van der Waals surface area contributed by atoms with Gasteiger partial charge >= 0.3 is 6.03 Å². The van der Waals surface area contributed by atoms with E-state index in [1.807, 2.05) is 58.0 Å². The topological polar surface area (TPSA) is 82.2 Å². The molecule has 0 radical (unpaired) electrons. The number of hydrogen-bond acceptors (Lipinski definition) is 5. The van der Waals surface area contributed by atoms with Crippen molar-refractivity contribution in [3.63, 3.8) is 0 Å². The predicted octanol–water partition coefficient (Wildman–Crippen LogP) is 2.70. The summed E-state index contributed by atoms with van der Waals surface area (Å²) in [5.41, 5.74) is 3.03. The van der Waals surface area contributed by atoms with Gasteiger partial charge < -0.3 is 20.9 Å². The second-order valence-corrected chi connectivity index (χ2v) is 6.24. The van der Waals surface area contributed by atoms with E-state index in [9.17, 15) is 4.79 Å². The van der Waals surface area contributed by atoms with Crippen molar-refractivity contribution in [1.29, 1.82) is 0 Å². The summed E-state index contributed by atoms with van der Waals surface area (Å²) in [5, 5.41) is 8.87. The normalized spacial score (nSPS) is 10.3. The number of aryl methyl sites for hydroxylation is 3. The van der Waals surface area contributed by atoms with Crippen molar-refractivity contribution in [2.75, 3.05) is 42.7 Å². The number of hydrogen-bond donors (Lipinski definition) is 3. The lowest BCUT2D eigenvalue weighted by Crippen LogP contribution is -2.32. The second kappa shape index (κ2) is 8.32. The van der Waals surface area contributed by atoms with Crippen molar-refractivity contribution in [2.45, 2.75) is 20.8 Å². The molecule has 134 valence electrons. The Labute approximate surface area is 148 Å². The predicted molar refractivity (Wildman–Crippen MR) is 103 cm³/mol. The summed E-state index contributed by atoms with van der Waals surface area (Å²) in [5.74, 6) is 2.29. The van der Waals surface area contributed by atoms with Crippen LogP contribution in [0.4, 0.5) is 22.1 Å². The van der Waals surface area contributed by atoms with Crippen LogP contribution in [0.5, 0.6) is 0 Å². The smallest absolute Gasteiger partial charge is 0.319 e. The number of benzene rings is 1. The summed E-state index contributed by atoms with van der Waals surface area (Å²) in [6.45, 7) is 6.92. The van der Waals surface area contributed by atoms with Gasteiger partial charge in [0.05, 0.1) is 0 Å². The molecule has 1 aromatic heterocycles. The first-order valence-corrected chi connectivity index (χ1v) is 8.23. The average molecular weight is 342 g/mol. The van der Waals surface area contributed by atoms with Crippen molar-refractivity contribution in [2.24, 2.45) is 0 Å². The quantitative estimate of drug-likeness (QED) is 0.703. The van der Waals surface area contributed by atoms with Gasteiger partial charge in [-0.3, -0.25) is 0 Å². The standard InChI is InChI=1S/C18H26N6O/c1-12-8-13(2)10-15(9-12)23-18(25)20-7-6-19-16-11-17(24(4)5)22-14(3)21-16/h8-11H,6-7H2,1-5H3,(H,19,21,22)(H2,20,23,25). The fourth-order valence-corrected chi connectivity index (χ4v) is 2.46. The van der Waals surface area contributed by atoms with Crippen LogP contribution in [0.3, 0.4) is 0 Å². The van der Waals surface area contributed by atoms with E-state index in [2.05, 4.69) is 32.0 Å². The Morgan fingerprint density at radius 1 is 1.00 bits per heavy atom. The molecule has 25 heavy (non-hydrogen) atoms. The molecule has 0 saturated carbocycles. The molecule has 0 unspecified atom stereocenters. The highest BCUT2D eigenvalue weighted by molar-refractivity contribution is 5.89. The molecular formula is C18H26N6O. The van der Waals surface area contributed by atoms with Crippen molar-refractivity contribution in [3.05, 3.63) is 41.2 Å². The SMILES string of the molecule is Cc1cc(C)cc(NC(=O)NCCNc2cc(N(C)C)nc(C)n2)c1. The monoisotopic (exact) mass is 342 g/mol. The number of nitrogens with zero attached hydrogens (tertiary/aromatic N) is 3. The van der Waals surface area contributed by atoms with E-state index in [0.29, 0.717) is 18.9 Å². The third-order valence-corrected chi connectivity index (χ3v) is 3.48. The molecule has 0 fully saturated rings. The van der Waals surface area contributed by atoms with E-state index in [-0.39, 0.29) is 6.03 Å². The lowest BCUT2D eigenvalue weighted by molar-refractivity contribution is 0.252. The van der Waals surface area contributed by atoms with E-state index in [1.165, 1.54) is 0 Å². The van der Waals surface area contributed by atoms with Gasteiger partial charge in [0.25, 0.3) is 0 Å². The zero-order valence-electron chi connectivity index (χ0n) is 15.5. The Morgan fingerprint density at radius 3 is 2.32 bits per heavy atom. The first-order valence-electron chi connectivity index (χ1n) is 8.23. The van der Waals surface area contributed by atoms with Gasteiger partial charge in [-0.2, -0.15) is 0 Å². The minimum absolute atomic E-state index is 0.223. The third kappa shape index (κ3) is 5.95. The fourth-order valence-electron chi connectivity index (χ4n) is 2.46. The molecule has 7 nitrogen and oxygen atoms in total. The van der Waals surface area contributed by atoms with E-state index < -0.39 is 0 Å². The maximum atomic E-state index is 12.0. The lowest BCUT2D eigenvalue weighted by atomic mass is 10.1. The molecule has 2 aromatic rings. The van der Waals surface area contributed by atoms with Gasteiger partial charge in [-0.15, -0.1) is 0 Å². The van der Waals surface area contributed by atoms with Crippen LogP contribution in [0.2, 0.25) is 0 Å². The maximum Gasteiger partial charge on any atom is 0.319 e. The van der Waals surface area contributed by atoms with E-state index in [0.717, 1.165) is 28.5 Å². The maximum absolute atomic E-state index is 12.0. The number of nitrogens with one attached hydrogen (secondary N) is 3. The molecule has 0 atom stereocenters. The number of anilines is 3. The summed E-state index contributed by atoms with van der Waals surface area (Å²) < 4.78 is 0. The highest BCUT2D eigenvalue weighted by Gasteiger charge is 2.05. The third-order valence-electron chi connectivity index (χ3n) is 3.48. The molecule has 0 aliphatic rings. The van der Waals surface area contributed by atoms with Gasteiger partial charge in [0.2, 0.25) is 0 Å². The summed E-state index contributed by atoms with van der Waals surface area (Å²) in [6.07, 6.45) is 0. The summed E-state index contributed by atoms with van der Waals surface area (Å²) >= 11 is 0. The van der Waals surface area contributed by atoms with Crippen molar-refractivity contribution < 1.29 is 4.79 Å². The minimum Gasteiger partial charge on any atom is -0.368 e. The Balaban J connectivity index is 1.80. The molecule has 0 saturated heterocycles. The minimum atomic E-state index is -0.223. The average Bonchev–Trinajstić information content (AvgIpc) is 2.50. The molecule has 2 amide bonds. The van der Waals surface area contributed by atoms with E-state index in [1.54, 1.807) is 0 Å². The highest BCUT2D eigenvalue weighted by atomic mass is 16.2. The second-order valence-electron chi connectivity index (χ2n) is 6.24. The zero-order chi connectivity index (χ0) is 18.4. The van der Waals surface area contributed by atoms with Gasteiger partial charge in [0.15, 0.2) is 0 Å². The van der Waals surface area contributed by atoms with Crippen LogP contribution in [0.15, 0.2) is 24.3 Å². The molecule has 1 aromatic carbocycles. The molecule has 7 heteroatoms. The molecular weight excluding hydrogens is 316 g/mol. The first-order chi connectivity index (χ1) is 11.8. The number of carbonyl (C=O) groups is 1. The molecule has 0 bridgehead atoms. The zero-order valence-corrected chi connectivity index (χ0v) is 15.5. The van der Waals surface area contributed by atoms with Crippen LogP contribution in [0, 0.1) is 20.8 Å². The van der Waals surface area contributed by atoms with Crippen molar-refractivity contribution >= 4 is 23.4 Å².